The molecule has 1 aliphatic carbocycles. The molecule has 1 aromatic rings. The molecule has 94 valence electrons. The normalized spacial score (nSPS) is 13.2. The second-order valence-corrected chi connectivity index (χ2v) is 5.17. The van der Waals surface area contributed by atoms with Crippen LogP contribution in [0, 0.1) is 13.0 Å². The SMILES string of the molecule is Cc1ccsc1C(C)(C)C1=[C-]CC=C1.Cl.Cl.[Ti]. The van der Waals surface area contributed by atoms with E-state index in [1.54, 1.807) is 0 Å². The topological polar surface area (TPSA) is 0 Å². The maximum absolute atomic E-state index is 3.42. The Morgan fingerprint density at radius 1 is 1.29 bits per heavy atom. The average molecular weight is 324 g/mol. The number of hydrogen-bond acceptors (Lipinski definition) is 1. The minimum atomic E-state index is 0. The van der Waals surface area contributed by atoms with E-state index < -0.39 is 0 Å². The Morgan fingerprint density at radius 2 is 1.94 bits per heavy atom. The molecule has 0 saturated carbocycles. The smallest absolute Gasteiger partial charge is 0.0144 e. The van der Waals surface area contributed by atoms with Gasteiger partial charge in [0.2, 0.25) is 0 Å². The molecule has 0 spiro atoms. The molecule has 1 aromatic heterocycles. The Morgan fingerprint density at radius 3 is 2.35 bits per heavy atom. The Bertz CT molecular complexity index is 405. The van der Waals surface area contributed by atoms with Crippen molar-refractivity contribution in [2.75, 3.05) is 0 Å². The van der Waals surface area contributed by atoms with Crippen LogP contribution in [-0.2, 0) is 27.1 Å². The molecular weight excluding hydrogens is 307 g/mol. The maximum Gasteiger partial charge on any atom is 0.0144 e. The van der Waals surface area contributed by atoms with Gasteiger partial charge in [-0.15, -0.1) is 42.6 Å². The molecule has 17 heavy (non-hydrogen) atoms. The van der Waals surface area contributed by atoms with Crippen molar-refractivity contribution in [3.05, 3.63) is 45.7 Å². The first-order valence-corrected chi connectivity index (χ1v) is 5.83. The minimum Gasteiger partial charge on any atom is -0.269 e. The van der Waals surface area contributed by atoms with Gasteiger partial charge in [0.25, 0.3) is 0 Å². The van der Waals surface area contributed by atoms with Crippen LogP contribution in [0.5, 0.6) is 0 Å². The van der Waals surface area contributed by atoms with Crippen LogP contribution < -0.4 is 0 Å². The quantitative estimate of drug-likeness (QED) is 0.538. The van der Waals surface area contributed by atoms with Crippen LogP contribution in [0.3, 0.4) is 0 Å². The van der Waals surface area contributed by atoms with Crippen molar-refractivity contribution in [2.24, 2.45) is 0 Å². The molecule has 0 amide bonds. The van der Waals surface area contributed by atoms with Gasteiger partial charge in [-0.3, -0.25) is 6.08 Å². The molecule has 0 unspecified atom stereocenters. The molecule has 0 saturated heterocycles. The van der Waals surface area contributed by atoms with Gasteiger partial charge in [-0.1, -0.05) is 13.8 Å². The summed E-state index contributed by atoms with van der Waals surface area (Å²) in [5.41, 5.74) is 2.86. The van der Waals surface area contributed by atoms with Gasteiger partial charge >= 0.3 is 0 Å². The third-order valence-electron chi connectivity index (χ3n) is 2.80. The molecule has 0 radical (unpaired) electrons. The van der Waals surface area contributed by atoms with Crippen LogP contribution in [-0.4, -0.2) is 0 Å². The van der Waals surface area contributed by atoms with Crippen molar-refractivity contribution in [3.8, 4) is 0 Å². The van der Waals surface area contributed by atoms with E-state index in [1.807, 2.05) is 11.3 Å². The fraction of sp³-hybridized carbons (Fsp3) is 0.385. The van der Waals surface area contributed by atoms with E-state index in [0.717, 1.165) is 6.42 Å². The van der Waals surface area contributed by atoms with Gasteiger partial charge in [0.05, 0.1) is 0 Å². The fourth-order valence-corrected chi connectivity index (χ4v) is 3.04. The van der Waals surface area contributed by atoms with E-state index in [0.29, 0.717) is 0 Å². The predicted octanol–water partition coefficient (Wildman–Crippen LogP) is 4.86. The van der Waals surface area contributed by atoms with Gasteiger partial charge in [0.15, 0.2) is 0 Å². The molecule has 1 heterocycles. The molecule has 0 bridgehead atoms. The van der Waals surface area contributed by atoms with Gasteiger partial charge in [0.1, 0.15) is 0 Å². The van der Waals surface area contributed by atoms with E-state index in [-0.39, 0.29) is 51.9 Å². The van der Waals surface area contributed by atoms with E-state index in [4.69, 9.17) is 0 Å². The minimum absolute atomic E-state index is 0. The van der Waals surface area contributed by atoms with Gasteiger partial charge in [-0.05, 0) is 29.3 Å². The molecule has 0 atom stereocenters. The molecule has 1 aliphatic rings. The molecule has 0 nitrogen and oxygen atoms in total. The third kappa shape index (κ3) is 3.97. The van der Waals surface area contributed by atoms with Crippen molar-refractivity contribution in [1.29, 1.82) is 0 Å². The third-order valence-corrected chi connectivity index (χ3v) is 4.14. The van der Waals surface area contributed by atoms with Crippen LogP contribution in [0.2, 0.25) is 0 Å². The van der Waals surface area contributed by atoms with E-state index >= 15 is 0 Å². The first kappa shape index (κ1) is 19.8. The Kier molecular flexibility index (Phi) is 9.10. The number of hydrogen-bond donors (Lipinski definition) is 0. The van der Waals surface area contributed by atoms with Crippen molar-refractivity contribution in [3.63, 3.8) is 0 Å². The molecule has 0 aliphatic heterocycles. The Labute approximate surface area is 135 Å². The number of thiophene rings is 1. The second kappa shape index (κ2) is 7.81. The molecule has 0 N–H and O–H groups in total. The summed E-state index contributed by atoms with van der Waals surface area (Å²) in [6.07, 6.45) is 8.79. The standard InChI is InChI=1S/C13H15S.2ClH.Ti/c1-10-8-9-14-12(10)13(2,3)11-6-4-5-7-11;;;/h4,6,8-9H,5H2,1-3H3;2*1H;/q-1;;;. The van der Waals surface area contributed by atoms with Crippen LogP contribution in [0.15, 0.2) is 29.2 Å². The summed E-state index contributed by atoms with van der Waals surface area (Å²) in [4.78, 5) is 1.46. The van der Waals surface area contributed by atoms with Gasteiger partial charge in [-0.2, -0.15) is 6.08 Å². The summed E-state index contributed by atoms with van der Waals surface area (Å²) < 4.78 is 0. The number of halogens is 2. The summed E-state index contributed by atoms with van der Waals surface area (Å²) in [7, 11) is 0. The van der Waals surface area contributed by atoms with Crippen LogP contribution >= 0.6 is 36.2 Å². The Balaban J connectivity index is 0. The van der Waals surface area contributed by atoms with Crippen LogP contribution in [0.1, 0.15) is 30.7 Å². The zero-order chi connectivity index (χ0) is 10.2. The number of aryl methyl sites for hydroxylation is 1. The van der Waals surface area contributed by atoms with E-state index in [2.05, 4.69) is 50.4 Å². The van der Waals surface area contributed by atoms with Crippen LogP contribution in [0.4, 0.5) is 0 Å². The fourth-order valence-electron chi connectivity index (χ4n) is 1.97. The van der Waals surface area contributed by atoms with E-state index in [1.165, 1.54) is 16.0 Å². The predicted molar refractivity (Wildman–Crippen MR) is 77.1 cm³/mol. The molecule has 0 fully saturated rings. The summed E-state index contributed by atoms with van der Waals surface area (Å²) in [5.74, 6) is 0. The molecule has 0 aromatic carbocycles. The maximum atomic E-state index is 3.42. The van der Waals surface area contributed by atoms with Crippen molar-refractivity contribution in [2.45, 2.75) is 32.6 Å². The summed E-state index contributed by atoms with van der Waals surface area (Å²) in [6.45, 7) is 6.75. The summed E-state index contributed by atoms with van der Waals surface area (Å²) in [5, 5.41) is 2.17. The summed E-state index contributed by atoms with van der Waals surface area (Å²) in [6, 6.07) is 2.20. The van der Waals surface area contributed by atoms with Gasteiger partial charge in [-0.25, -0.2) is 11.6 Å². The molecule has 2 rings (SSSR count). The van der Waals surface area contributed by atoms with Gasteiger partial charge < -0.3 is 0 Å². The monoisotopic (exact) mass is 323 g/mol. The van der Waals surface area contributed by atoms with Gasteiger partial charge in [0, 0.05) is 26.6 Å². The van der Waals surface area contributed by atoms with Crippen molar-refractivity contribution < 1.29 is 21.7 Å². The number of rotatable bonds is 2. The average Bonchev–Trinajstić information content (AvgIpc) is 2.72. The molecular formula is C13H17Cl2STi-. The zero-order valence-corrected chi connectivity index (χ0v) is 14.3. The zero-order valence-electron chi connectivity index (χ0n) is 10.2. The number of allylic oxidation sites excluding steroid dienone is 4. The molecule has 4 heteroatoms. The van der Waals surface area contributed by atoms with Crippen molar-refractivity contribution >= 4 is 36.2 Å². The van der Waals surface area contributed by atoms with Crippen molar-refractivity contribution in [1.82, 2.24) is 0 Å². The first-order chi connectivity index (χ1) is 6.62. The largest absolute Gasteiger partial charge is 0.269 e. The van der Waals surface area contributed by atoms with E-state index in [9.17, 15) is 0 Å². The second-order valence-electron chi connectivity index (χ2n) is 4.25. The Hall–Kier alpha value is 0.474. The first-order valence-electron chi connectivity index (χ1n) is 4.95. The summed E-state index contributed by atoms with van der Waals surface area (Å²) >= 11 is 1.85. The van der Waals surface area contributed by atoms with Crippen LogP contribution in [0.25, 0.3) is 0 Å².